The second kappa shape index (κ2) is 3.74. The van der Waals surface area contributed by atoms with E-state index < -0.39 is 0 Å². The van der Waals surface area contributed by atoms with Crippen molar-refractivity contribution in [3.05, 3.63) is 28.0 Å². The molecule has 0 spiro atoms. The molecule has 0 aliphatic heterocycles. The minimum Gasteiger partial charge on any atom is -0.387 e. The summed E-state index contributed by atoms with van der Waals surface area (Å²) >= 11 is 11.5. The Bertz CT molecular complexity index is 291. The molecule has 0 aliphatic rings. The number of pyridine rings is 1. The average Bonchev–Trinajstić information content (AvgIpc) is 1.97. The maximum Gasteiger partial charge on any atom is 0.0951 e. The fourth-order valence-electron chi connectivity index (χ4n) is 0.797. The Morgan fingerprint density at radius 2 is 1.92 bits per heavy atom. The van der Waals surface area contributed by atoms with Gasteiger partial charge in [0.15, 0.2) is 0 Å². The van der Waals surface area contributed by atoms with Crippen LogP contribution in [0.2, 0.25) is 10.0 Å². The normalized spacial score (nSPS) is 9.83. The van der Waals surface area contributed by atoms with Crippen molar-refractivity contribution in [2.75, 3.05) is 0 Å². The van der Waals surface area contributed by atoms with E-state index in [-0.39, 0.29) is 12.3 Å². The molecule has 0 amide bonds. The number of halogens is 2. The largest absolute Gasteiger partial charge is 0.387 e. The zero-order valence-electron chi connectivity index (χ0n) is 6.14. The summed E-state index contributed by atoms with van der Waals surface area (Å²) in [5, 5.41) is 7.95. The monoisotopic (exact) mass is 203 g/mol. The van der Waals surface area contributed by atoms with Gasteiger partial charge in [0.2, 0.25) is 0 Å². The molecule has 12 heavy (non-hydrogen) atoms. The molecular formula is C7H7Cl2N3. The highest BCUT2D eigenvalue weighted by atomic mass is 35.5. The van der Waals surface area contributed by atoms with E-state index in [1.165, 1.54) is 12.4 Å². The summed E-state index contributed by atoms with van der Waals surface area (Å²) in [6, 6.07) is 0. The molecule has 64 valence electrons. The fourth-order valence-corrected chi connectivity index (χ4v) is 1.30. The number of nitrogens with zero attached hydrogens (tertiary/aromatic N) is 1. The lowest BCUT2D eigenvalue weighted by molar-refractivity contribution is 1.21. The summed E-state index contributed by atoms with van der Waals surface area (Å²) in [6.07, 6.45) is 3.22. The third kappa shape index (κ3) is 2.09. The zero-order chi connectivity index (χ0) is 9.14. The van der Waals surface area contributed by atoms with Crippen LogP contribution in [0.15, 0.2) is 12.4 Å². The van der Waals surface area contributed by atoms with Crippen LogP contribution < -0.4 is 5.73 Å². The number of hydrogen-bond acceptors (Lipinski definition) is 2. The van der Waals surface area contributed by atoms with Gasteiger partial charge < -0.3 is 5.73 Å². The van der Waals surface area contributed by atoms with E-state index in [2.05, 4.69) is 4.98 Å². The summed E-state index contributed by atoms with van der Waals surface area (Å²) in [5.41, 5.74) is 5.86. The second-order valence-electron chi connectivity index (χ2n) is 2.28. The van der Waals surface area contributed by atoms with Crippen LogP contribution in [-0.4, -0.2) is 10.8 Å². The van der Waals surface area contributed by atoms with Gasteiger partial charge in [-0.3, -0.25) is 10.4 Å². The van der Waals surface area contributed by atoms with Gasteiger partial charge in [-0.15, -0.1) is 0 Å². The van der Waals surface area contributed by atoms with Crippen molar-refractivity contribution < 1.29 is 0 Å². The molecule has 0 saturated heterocycles. The van der Waals surface area contributed by atoms with Crippen molar-refractivity contribution in [2.24, 2.45) is 5.73 Å². The second-order valence-corrected chi connectivity index (χ2v) is 3.10. The predicted octanol–water partition coefficient (Wildman–Crippen LogP) is 1.87. The summed E-state index contributed by atoms with van der Waals surface area (Å²) in [5.74, 6) is 0.0324. The lowest BCUT2D eigenvalue weighted by atomic mass is 10.2. The maximum atomic E-state index is 7.07. The molecule has 1 rings (SSSR count). The summed E-state index contributed by atoms with van der Waals surface area (Å²) in [7, 11) is 0. The van der Waals surface area contributed by atoms with Gasteiger partial charge in [-0.2, -0.15) is 0 Å². The molecule has 0 fully saturated rings. The molecule has 1 heterocycles. The van der Waals surface area contributed by atoms with Crippen LogP contribution >= 0.6 is 23.2 Å². The standard InChI is InChI=1S/C7H7Cl2N3/c8-5-2-12-3-6(9)4(5)1-7(10)11/h2-3H,1H2,(H3,10,11). The lowest BCUT2D eigenvalue weighted by Crippen LogP contribution is -2.13. The Morgan fingerprint density at radius 3 is 2.33 bits per heavy atom. The van der Waals surface area contributed by atoms with Crippen molar-refractivity contribution in [3.63, 3.8) is 0 Å². The third-order valence-electron chi connectivity index (χ3n) is 1.32. The van der Waals surface area contributed by atoms with Crippen LogP contribution in [0.4, 0.5) is 0 Å². The molecule has 0 radical (unpaired) electrons. The first-order chi connectivity index (χ1) is 5.61. The first-order valence-electron chi connectivity index (χ1n) is 3.22. The van der Waals surface area contributed by atoms with E-state index in [0.29, 0.717) is 15.6 Å². The predicted molar refractivity (Wildman–Crippen MR) is 49.9 cm³/mol. The average molecular weight is 204 g/mol. The Hall–Kier alpha value is -0.800. The van der Waals surface area contributed by atoms with Gasteiger partial charge in [0.05, 0.1) is 15.9 Å². The number of nitrogens with one attached hydrogen (secondary N) is 1. The molecular weight excluding hydrogens is 197 g/mol. The molecule has 1 aromatic rings. The van der Waals surface area contributed by atoms with E-state index in [0.717, 1.165) is 0 Å². The van der Waals surface area contributed by atoms with Crippen molar-refractivity contribution in [1.29, 1.82) is 5.41 Å². The van der Waals surface area contributed by atoms with E-state index >= 15 is 0 Å². The van der Waals surface area contributed by atoms with Gasteiger partial charge in [0, 0.05) is 18.8 Å². The van der Waals surface area contributed by atoms with Crippen molar-refractivity contribution >= 4 is 29.0 Å². The number of rotatable bonds is 2. The Kier molecular flexibility index (Phi) is 2.89. The molecule has 0 unspecified atom stereocenters. The number of hydrogen-bond donors (Lipinski definition) is 2. The third-order valence-corrected chi connectivity index (χ3v) is 1.97. The molecule has 1 aromatic heterocycles. The maximum absolute atomic E-state index is 7.07. The van der Waals surface area contributed by atoms with Crippen LogP contribution in [-0.2, 0) is 6.42 Å². The molecule has 0 saturated carbocycles. The number of amidine groups is 1. The van der Waals surface area contributed by atoms with Crippen LogP contribution in [0.5, 0.6) is 0 Å². The van der Waals surface area contributed by atoms with E-state index in [4.69, 9.17) is 34.3 Å². The zero-order valence-corrected chi connectivity index (χ0v) is 7.65. The summed E-state index contributed by atoms with van der Waals surface area (Å²) in [6.45, 7) is 0. The topological polar surface area (TPSA) is 62.8 Å². The Morgan fingerprint density at radius 1 is 1.42 bits per heavy atom. The van der Waals surface area contributed by atoms with Crippen molar-refractivity contribution in [1.82, 2.24) is 4.98 Å². The van der Waals surface area contributed by atoms with Gasteiger partial charge in [0.1, 0.15) is 0 Å². The molecule has 5 heteroatoms. The number of aromatic nitrogens is 1. The van der Waals surface area contributed by atoms with Gasteiger partial charge in [-0.05, 0) is 5.56 Å². The molecule has 0 atom stereocenters. The molecule has 0 aromatic carbocycles. The van der Waals surface area contributed by atoms with Gasteiger partial charge in [-0.1, -0.05) is 23.2 Å². The highest BCUT2D eigenvalue weighted by molar-refractivity contribution is 6.36. The minimum absolute atomic E-state index is 0.0324. The Labute approximate surface area is 80.0 Å². The van der Waals surface area contributed by atoms with E-state index in [9.17, 15) is 0 Å². The highest BCUT2D eigenvalue weighted by Crippen LogP contribution is 2.22. The van der Waals surface area contributed by atoms with Gasteiger partial charge in [0.25, 0.3) is 0 Å². The first-order valence-corrected chi connectivity index (χ1v) is 3.97. The molecule has 3 nitrogen and oxygen atoms in total. The minimum atomic E-state index is 0.0324. The summed E-state index contributed by atoms with van der Waals surface area (Å²) in [4.78, 5) is 3.78. The van der Waals surface area contributed by atoms with E-state index in [1.54, 1.807) is 0 Å². The quantitative estimate of drug-likeness (QED) is 0.570. The van der Waals surface area contributed by atoms with E-state index in [1.807, 2.05) is 0 Å². The van der Waals surface area contributed by atoms with Gasteiger partial charge in [-0.25, -0.2) is 0 Å². The summed E-state index contributed by atoms with van der Waals surface area (Å²) < 4.78 is 0. The molecule has 0 bridgehead atoms. The fraction of sp³-hybridized carbons (Fsp3) is 0.143. The van der Waals surface area contributed by atoms with Gasteiger partial charge >= 0.3 is 0 Å². The molecule has 0 aliphatic carbocycles. The SMILES string of the molecule is N=C(N)Cc1c(Cl)cncc1Cl. The van der Waals surface area contributed by atoms with Crippen molar-refractivity contribution in [3.8, 4) is 0 Å². The van der Waals surface area contributed by atoms with Crippen LogP contribution in [0.25, 0.3) is 0 Å². The van der Waals surface area contributed by atoms with Crippen LogP contribution in [0, 0.1) is 5.41 Å². The lowest BCUT2D eigenvalue weighted by Gasteiger charge is -2.03. The molecule has 3 N–H and O–H groups in total. The smallest absolute Gasteiger partial charge is 0.0951 e. The van der Waals surface area contributed by atoms with Crippen molar-refractivity contribution in [2.45, 2.75) is 6.42 Å². The highest BCUT2D eigenvalue weighted by Gasteiger charge is 2.06. The number of nitrogens with two attached hydrogens (primary N) is 1. The van der Waals surface area contributed by atoms with Crippen LogP contribution in [0.3, 0.4) is 0 Å². The van der Waals surface area contributed by atoms with Crippen LogP contribution in [0.1, 0.15) is 5.56 Å². The first kappa shape index (κ1) is 9.29. The Balaban J connectivity index is 3.04.